The van der Waals surface area contributed by atoms with Gasteiger partial charge in [-0.25, -0.2) is 0 Å². The van der Waals surface area contributed by atoms with Gasteiger partial charge in [-0.1, -0.05) is 6.07 Å². The number of nitrogens with zero attached hydrogens (tertiary/aromatic N) is 2. The number of benzene rings is 2. The van der Waals surface area contributed by atoms with Crippen LogP contribution in [0.25, 0.3) is 5.69 Å². The number of aromatic nitrogens is 1. The van der Waals surface area contributed by atoms with Gasteiger partial charge in [0.25, 0.3) is 11.8 Å². The lowest BCUT2D eigenvalue weighted by molar-refractivity contribution is 0.0772. The second-order valence-electron chi connectivity index (χ2n) is 7.96. The van der Waals surface area contributed by atoms with Gasteiger partial charge in [0.15, 0.2) is 11.5 Å². The maximum Gasteiger partial charge on any atom is 0.257 e. The van der Waals surface area contributed by atoms with Gasteiger partial charge in [0, 0.05) is 47.5 Å². The summed E-state index contributed by atoms with van der Waals surface area (Å²) in [5, 5.41) is 2.94. The maximum absolute atomic E-state index is 13.1. The number of ether oxygens (including phenoxy) is 2. The molecule has 2 aromatic carbocycles. The van der Waals surface area contributed by atoms with Crippen LogP contribution >= 0.6 is 0 Å². The topological polar surface area (TPSA) is 72.8 Å². The van der Waals surface area contributed by atoms with Crippen molar-refractivity contribution in [1.82, 2.24) is 9.47 Å². The number of amides is 2. The number of carbonyl (C=O) groups is 2. The molecule has 7 nitrogen and oxygen atoms in total. The number of anilines is 1. The molecule has 0 unspecified atom stereocenters. The van der Waals surface area contributed by atoms with E-state index in [0.717, 1.165) is 22.8 Å². The number of fused-ring (bicyclic) bond motifs is 1. The number of carbonyl (C=O) groups excluding carboxylic acids is 2. The molecular weight excluding hydrogens is 418 g/mol. The van der Waals surface area contributed by atoms with Gasteiger partial charge in [-0.15, -0.1) is 0 Å². The zero-order valence-electron chi connectivity index (χ0n) is 19.5. The van der Waals surface area contributed by atoms with Crippen molar-refractivity contribution in [1.29, 1.82) is 0 Å². The molecule has 0 radical (unpaired) electrons. The molecule has 2 amide bonds. The van der Waals surface area contributed by atoms with Gasteiger partial charge in [-0.3, -0.25) is 9.59 Å². The third kappa shape index (κ3) is 4.44. The molecule has 3 aromatic rings. The second kappa shape index (κ2) is 9.40. The summed E-state index contributed by atoms with van der Waals surface area (Å²) in [7, 11) is 0. The molecule has 33 heavy (non-hydrogen) atoms. The molecule has 1 aliphatic heterocycles. The summed E-state index contributed by atoms with van der Waals surface area (Å²) in [4.78, 5) is 27.5. The van der Waals surface area contributed by atoms with E-state index >= 15 is 0 Å². The summed E-state index contributed by atoms with van der Waals surface area (Å²) in [5.41, 5.74) is 4.36. The summed E-state index contributed by atoms with van der Waals surface area (Å²) in [6.45, 7) is 10.1. The molecule has 4 rings (SSSR count). The van der Waals surface area contributed by atoms with Crippen LogP contribution in [0.4, 0.5) is 5.69 Å². The predicted octanol–water partition coefficient (Wildman–Crippen LogP) is 4.60. The Bertz CT molecular complexity index is 1190. The molecule has 0 bridgehead atoms. The summed E-state index contributed by atoms with van der Waals surface area (Å²) < 4.78 is 13.3. The Morgan fingerprint density at radius 1 is 0.970 bits per heavy atom. The Labute approximate surface area is 193 Å². The number of rotatable bonds is 6. The van der Waals surface area contributed by atoms with Crippen molar-refractivity contribution in [3.63, 3.8) is 0 Å². The Morgan fingerprint density at radius 3 is 2.42 bits per heavy atom. The summed E-state index contributed by atoms with van der Waals surface area (Å²) in [5.74, 6) is 1.16. The van der Waals surface area contributed by atoms with E-state index in [9.17, 15) is 9.59 Å². The van der Waals surface area contributed by atoms with Gasteiger partial charge in [-0.2, -0.15) is 0 Å². The van der Waals surface area contributed by atoms with Crippen molar-refractivity contribution in [2.45, 2.75) is 27.7 Å². The molecule has 1 aromatic heterocycles. The minimum absolute atomic E-state index is 0.0483. The van der Waals surface area contributed by atoms with E-state index in [1.807, 2.05) is 56.5 Å². The van der Waals surface area contributed by atoms with Crippen molar-refractivity contribution in [3.8, 4) is 17.2 Å². The number of nitrogens with one attached hydrogen (secondary N) is 1. The van der Waals surface area contributed by atoms with E-state index in [2.05, 4.69) is 5.32 Å². The molecule has 172 valence electrons. The second-order valence-corrected chi connectivity index (χ2v) is 7.96. The fourth-order valence-electron chi connectivity index (χ4n) is 4.18. The van der Waals surface area contributed by atoms with Crippen LogP contribution in [0.3, 0.4) is 0 Å². The van der Waals surface area contributed by atoms with Crippen LogP contribution in [-0.4, -0.2) is 47.6 Å². The van der Waals surface area contributed by atoms with Crippen LogP contribution in [0.15, 0.2) is 48.5 Å². The molecule has 0 aliphatic carbocycles. The Hall–Kier alpha value is -3.74. The van der Waals surface area contributed by atoms with E-state index in [-0.39, 0.29) is 11.8 Å². The molecule has 7 heteroatoms. The lowest BCUT2D eigenvalue weighted by atomic mass is 10.1. The van der Waals surface area contributed by atoms with Crippen LogP contribution < -0.4 is 14.8 Å². The Balaban J connectivity index is 1.58. The van der Waals surface area contributed by atoms with Crippen molar-refractivity contribution in [3.05, 3.63) is 71.0 Å². The third-order valence-electron chi connectivity index (χ3n) is 5.88. The highest BCUT2D eigenvalue weighted by Crippen LogP contribution is 2.33. The SMILES string of the molecule is CCN(CC)C(=O)c1cccc(NC(=O)c2cc(C)n(-c3ccc4c(c3)OCCO4)c2C)c1. The fraction of sp³-hybridized carbons (Fsp3) is 0.308. The molecule has 0 spiro atoms. The monoisotopic (exact) mass is 447 g/mol. The van der Waals surface area contributed by atoms with Crippen molar-refractivity contribution >= 4 is 17.5 Å². The van der Waals surface area contributed by atoms with Gasteiger partial charge in [0.05, 0.1) is 5.56 Å². The van der Waals surface area contributed by atoms with Crippen molar-refractivity contribution < 1.29 is 19.1 Å². The first-order chi connectivity index (χ1) is 15.9. The number of hydrogen-bond acceptors (Lipinski definition) is 4. The van der Waals surface area contributed by atoms with Crippen molar-refractivity contribution in [2.75, 3.05) is 31.6 Å². The van der Waals surface area contributed by atoms with Crippen LogP contribution in [-0.2, 0) is 0 Å². The van der Waals surface area contributed by atoms with E-state index < -0.39 is 0 Å². The first-order valence-electron chi connectivity index (χ1n) is 11.2. The van der Waals surface area contributed by atoms with E-state index in [1.54, 1.807) is 29.2 Å². The molecule has 2 heterocycles. The highest BCUT2D eigenvalue weighted by atomic mass is 16.6. The van der Waals surface area contributed by atoms with E-state index in [1.165, 1.54) is 0 Å². The maximum atomic E-state index is 13.1. The smallest absolute Gasteiger partial charge is 0.257 e. The predicted molar refractivity (Wildman–Crippen MR) is 128 cm³/mol. The molecule has 1 N–H and O–H groups in total. The molecule has 0 fully saturated rings. The molecule has 0 saturated heterocycles. The first-order valence-corrected chi connectivity index (χ1v) is 11.2. The normalized spacial score (nSPS) is 12.4. The van der Waals surface area contributed by atoms with Crippen LogP contribution in [0.2, 0.25) is 0 Å². The van der Waals surface area contributed by atoms with E-state index in [4.69, 9.17) is 9.47 Å². The molecule has 1 aliphatic rings. The Morgan fingerprint density at radius 2 is 1.70 bits per heavy atom. The summed E-state index contributed by atoms with van der Waals surface area (Å²) in [6.07, 6.45) is 0. The standard InChI is InChI=1S/C26H29N3O4/c1-5-28(6-2)26(31)19-8-7-9-20(15-19)27-25(30)22-14-17(3)29(18(22)4)21-10-11-23-24(16-21)33-13-12-32-23/h7-11,14-16H,5-6,12-13H2,1-4H3,(H,27,30). The number of aryl methyl sites for hydroxylation is 1. The zero-order chi connectivity index (χ0) is 23.5. The zero-order valence-corrected chi connectivity index (χ0v) is 19.5. The van der Waals surface area contributed by atoms with E-state index in [0.29, 0.717) is 48.9 Å². The largest absolute Gasteiger partial charge is 0.486 e. The first kappa shape index (κ1) is 22.5. The third-order valence-corrected chi connectivity index (χ3v) is 5.88. The summed E-state index contributed by atoms with van der Waals surface area (Å²) in [6, 6.07) is 14.7. The highest BCUT2D eigenvalue weighted by molar-refractivity contribution is 6.06. The van der Waals surface area contributed by atoms with Gasteiger partial charge in [-0.05, 0) is 64.1 Å². The minimum Gasteiger partial charge on any atom is -0.486 e. The van der Waals surface area contributed by atoms with Crippen LogP contribution in [0, 0.1) is 13.8 Å². The van der Waals surface area contributed by atoms with Gasteiger partial charge in [0.1, 0.15) is 13.2 Å². The van der Waals surface area contributed by atoms with Crippen LogP contribution in [0.5, 0.6) is 11.5 Å². The van der Waals surface area contributed by atoms with Crippen LogP contribution in [0.1, 0.15) is 46.0 Å². The average Bonchev–Trinajstić information content (AvgIpc) is 3.13. The van der Waals surface area contributed by atoms with Gasteiger partial charge in [0.2, 0.25) is 0 Å². The molecular formula is C26H29N3O4. The molecule has 0 saturated carbocycles. The molecule has 0 atom stereocenters. The van der Waals surface area contributed by atoms with Gasteiger partial charge >= 0.3 is 0 Å². The minimum atomic E-state index is -0.223. The quantitative estimate of drug-likeness (QED) is 0.599. The Kier molecular flexibility index (Phi) is 6.40. The average molecular weight is 448 g/mol. The number of hydrogen-bond donors (Lipinski definition) is 1. The fourth-order valence-corrected chi connectivity index (χ4v) is 4.18. The lowest BCUT2D eigenvalue weighted by Crippen LogP contribution is -2.30. The van der Waals surface area contributed by atoms with Gasteiger partial charge < -0.3 is 24.3 Å². The van der Waals surface area contributed by atoms with Crippen molar-refractivity contribution in [2.24, 2.45) is 0 Å². The summed E-state index contributed by atoms with van der Waals surface area (Å²) >= 11 is 0. The lowest BCUT2D eigenvalue weighted by Gasteiger charge is -2.20. The highest BCUT2D eigenvalue weighted by Gasteiger charge is 2.20.